The summed E-state index contributed by atoms with van der Waals surface area (Å²) in [6, 6.07) is 11.9. The number of rotatable bonds is 4. The second-order valence-electron chi connectivity index (χ2n) is 7.83. The van der Waals surface area contributed by atoms with Crippen LogP contribution >= 0.6 is 0 Å². The van der Waals surface area contributed by atoms with Gasteiger partial charge >= 0.3 is 0 Å². The molecule has 0 bridgehead atoms. The van der Waals surface area contributed by atoms with E-state index in [2.05, 4.69) is 5.10 Å². The van der Waals surface area contributed by atoms with Crippen molar-refractivity contribution in [2.75, 3.05) is 6.54 Å². The van der Waals surface area contributed by atoms with E-state index in [1.807, 2.05) is 24.3 Å². The van der Waals surface area contributed by atoms with Gasteiger partial charge < -0.3 is 0 Å². The Morgan fingerprint density at radius 2 is 1.78 bits per heavy atom. The van der Waals surface area contributed by atoms with Crippen LogP contribution in [0.25, 0.3) is 0 Å². The predicted molar refractivity (Wildman–Crippen MR) is 117 cm³/mol. The molecule has 0 unspecified atom stereocenters. The first-order valence-corrected chi connectivity index (χ1v) is 11.5. The van der Waals surface area contributed by atoms with Crippen LogP contribution in [-0.2, 0) is 23.0 Å². The number of benzene rings is 2. The molecule has 2 aromatic carbocycles. The molecule has 0 aliphatic carbocycles. The minimum absolute atomic E-state index is 0.00755. The molecule has 1 aliphatic heterocycles. The highest BCUT2D eigenvalue weighted by molar-refractivity contribution is 7.89. The molecular formula is C22H22N4O5S. The summed E-state index contributed by atoms with van der Waals surface area (Å²) in [5.74, 6) is -0.626. The molecule has 9 nitrogen and oxygen atoms in total. The largest absolute Gasteiger partial charge is 0.278 e. The van der Waals surface area contributed by atoms with Crippen molar-refractivity contribution in [3.05, 3.63) is 86.2 Å². The van der Waals surface area contributed by atoms with Crippen LogP contribution < -0.4 is 0 Å². The molecule has 32 heavy (non-hydrogen) atoms. The molecule has 3 aromatic rings. The second-order valence-corrected chi connectivity index (χ2v) is 9.71. The fourth-order valence-corrected chi connectivity index (χ4v) is 5.84. The van der Waals surface area contributed by atoms with Gasteiger partial charge in [-0.3, -0.25) is 14.9 Å². The van der Waals surface area contributed by atoms with E-state index in [1.54, 1.807) is 13.8 Å². The van der Waals surface area contributed by atoms with Gasteiger partial charge in [-0.1, -0.05) is 30.3 Å². The number of nitrogens with zero attached hydrogens (tertiary/aromatic N) is 4. The summed E-state index contributed by atoms with van der Waals surface area (Å²) >= 11 is 0. The Morgan fingerprint density at radius 1 is 1.09 bits per heavy atom. The van der Waals surface area contributed by atoms with E-state index in [1.165, 1.54) is 29.4 Å². The number of carbonyl (C=O) groups is 1. The quantitative estimate of drug-likeness (QED) is 0.442. The van der Waals surface area contributed by atoms with Crippen LogP contribution in [0.3, 0.4) is 0 Å². The van der Waals surface area contributed by atoms with Crippen molar-refractivity contribution in [3.63, 3.8) is 0 Å². The average molecular weight is 455 g/mol. The number of aryl methyl sites for hydroxylation is 2. The maximum Gasteiger partial charge on any atom is 0.278 e. The monoisotopic (exact) mass is 454 g/mol. The van der Waals surface area contributed by atoms with E-state index in [4.69, 9.17) is 0 Å². The Hall–Kier alpha value is -3.37. The van der Waals surface area contributed by atoms with Crippen molar-refractivity contribution >= 4 is 21.6 Å². The van der Waals surface area contributed by atoms with Gasteiger partial charge in [0.25, 0.3) is 11.6 Å². The maximum atomic E-state index is 13.5. The lowest BCUT2D eigenvalue weighted by molar-refractivity contribution is -0.385. The third kappa shape index (κ3) is 3.61. The van der Waals surface area contributed by atoms with Crippen LogP contribution in [0.15, 0.2) is 47.4 Å². The third-order valence-electron chi connectivity index (χ3n) is 5.76. The van der Waals surface area contributed by atoms with Gasteiger partial charge in [0.1, 0.15) is 4.90 Å². The minimum atomic E-state index is -3.90. The van der Waals surface area contributed by atoms with Crippen LogP contribution in [0.1, 0.15) is 38.4 Å². The highest BCUT2D eigenvalue weighted by atomic mass is 32.2. The molecule has 0 saturated carbocycles. The van der Waals surface area contributed by atoms with Crippen LogP contribution in [-0.4, -0.2) is 39.9 Å². The Morgan fingerprint density at radius 3 is 2.47 bits per heavy atom. The summed E-state index contributed by atoms with van der Waals surface area (Å²) in [6.45, 7) is 5.23. The number of sulfonamides is 1. The van der Waals surface area contributed by atoms with Crippen molar-refractivity contribution in [2.24, 2.45) is 0 Å². The van der Waals surface area contributed by atoms with Gasteiger partial charge in [0.05, 0.1) is 16.3 Å². The molecule has 10 heteroatoms. The number of hydrogen-bond acceptors (Lipinski definition) is 6. The number of fused-ring (bicyclic) bond motifs is 1. The van der Waals surface area contributed by atoms with Gasteiger partial charge in [-0.2, -0.15) is 14.1 Å². The molecule has 0 radical (unpaired) electrons. The lowest BCUT2D eigenvalue weighted by Gasteiger charge is -2.28. The molecule has 2 heterocycles. The van der Waals surface area contributed by atoms with Crippen molar-refractivity contribution in [1.29, 1.82) is 0 Å². The van der Waals surface area contributed by atoms with E-state index in [9.17, 15) is 23.3 Å². The van der Waals surface area contributed by atoms with Crippen LogP contribution in [0.2, 0.25) is 0 Å². The molecule has 0 N–H and O–H groups in total. The van der Waals surface area contributed by atoms with Crippen LogP contribution in [0, 0.1) is 30.9 Å². The highest BCUT2D eigenvalue weighted by Gasteiger charge is 2.34. The lowest BCUT2D eigenvalue weighted by Crippen LogP contribution is -2.36. The summed E-state index contributed by atoms with van der Waals surface area (Å²) in [7, 11) is -3.90. The average Bonchev–Trinajstić information content (AvgIpc) is 3.07. The standard InChI is InChI=1S/C22H22N4O5S/c1-14-8-9-18(12-20(14)26(28)29)22(27)25-16(3)21(15(2)23-25)32(30,31)24-11-10-17-6-4-5-7-19(17)13-24/h4-9,12H,10-11,13H2,1-3H3. The summed E-state index contributed by atoms with van der Waals surface area (Å²) in [5.41, 5.74) is 2.76. The lowest BCUT2D eigenvalue weighted by atomic mass is 10.0. The van der Waals surface area contributed by atoms with Crippen LogP contribution in [0.4, 0.5) is 5.69 Å². The third-order valence-corrected chi connectivity index (χ3v) is 7.86. The summed E-state index contributed by atoms with van der Waals surface area (Å²) < 4.78 is 29.4. The number of nitro groups is 1. The number of carbonyl (C=O) groups excluding carboxylic acids is 1. The molecule has 1 aliphatic rings. The van der Waals surface area contributed by atoms with Crippen LogP contribution in [0.5, 0.6) is 0 Å². The molecule has 0 fully saturated rings. The molecule has 0 atom stereocenters. The molecule has 0 saturated heterocycles. The van der Waals surface area contributed by atoms with Gasteiger partial charge in [-0.05, 0) is 44.4 Å². The first-order chi connectivity index (χ1) is 15.1. The van der Waals surface area contributed by atoms with Crippen molar-refractivity contribution in [3.8, 4) is 0 Å². The number of nitro benzene ring substituents is 1. The van der Waals surface area contributed by atoms with Crippen molar-refractivity contribution < 1.29 is 18.1 Å². The molecular weight excluding hydrogens is 432 g/mol. The van der Waals surface area contributed by atoms with Gasteiger partial charge in [0.15, 0.2) is 0 Å². The van der Waals surface area contributed by atoms with E-state index in [0.29, 0.717) is 18.5 Å². The molecule has 1 aromatic heterocycles. The Balaban J connectivity index is 1.71. The fourth-order valence-electron chi connectivity index (χ4n) is 4.06. The Kier molecular flexibility index (Phi) is 5.43. The van der Waals surface area contributed by atoms with Crippen molar-refractivity contribution in [2.45, 2.75) is 38.6 Å². The van der Waals surface area contributed by atoms with E-state index in [-0.39, 0.29) is 34.1 Å². The Labute approximate surface area is 185 Å². The zero-order chi connectivity index (χ0) is 23.2. The zero-order valence-electron chi connectivity index (χ0n) is 17.9. The fraction of sp³-hybridized carbons (Fsp3) is 0.273. The van der Waals surface area contributed by atoms with E-state index in [0.717, 1.165) is 15.8 Å². The number of aromatic nitrogens is 2. The first-order valence-electron chi connectivity index (χ1n) is 10.0. The molecule has 0 amide bonds. The molecule has 0 spiro atoms. The number of hydrogen-bond donors (Lipinski definition) is 0. The van der Waals surface area contributed by atoms with Gasteiger partial charge in [-0.25, -0.2) is 8.42 Å². The van der Waals surface area contributed by atoms with E-state index >= 15 is 0 Å². The Bertz CT molecular complexity index is 1360. The predicted octanol–water partition coefficient (Wildman–Crippen LogP) is 3.15. The first kappa shape index (κ1) is 21.8. The van der Waals surface area contributed by atoms with Gasteiger partial charge in [-0.15, -0.1) is 0 Å². The van der Waals surface area contributed by atoms with Gasteiger partial charge in [0, 0.05) is 30.3 Å². The molecule has 4 rings (SSSR count). The minimum Gasteiger partial charge on any atom is -0.267 e. The zero-order valence-corrected chi connectivity index (χ0v) is 18.7. The summed E-state index contributed by atoms with van der Waals surface area (Å²) in [4.78, 5) is 23.7. The topological polar surface area (TPSA) is 115 Å². The normalized spacial score (nSPS) is 14.2. The smallest absolute Gasteiger partial charge is 0.267 e. The van der Waals surface area contributed by atoms with E-state index < -0.39 is 20.9 Å². The highest BCUT2D eigenvalue weighted by Crippen LogP contribution is 2.29. The summed E-state index contributed by atoms with van der Waals surface area (Å²) in [5, 5.41) is 15.4. The second kappa shape index (κ2) is 7.95. The van der Waals surface area contributed by atoms with Gasteiger partial charge in [0.2, 0.25) is 10.0 Å². The van der Waals surface area contributed by atoms with Crippen molar-refractivity contribution in [1.82, 2.24) is 14.1 Å². The molecule has 166 valence electrons. The maximum absolute atomic E-state index is 13.5. The SMILES string of the molecule is Cc1ccc(C(=O)n2nc(C)c(S(=O)(=O)N3CCc4ccccc4C3)c2C)cc1[N+](=O)[O-]. The summed E-state index contributed by atoms with van der Waals surface area (Å²) in [6.07, 6.45) is 0.605.